The van der Waals surface area contributed by atoms with E-state index in [1.807, 2.05) is 44.2 Å². The Labute approximate surface area is 97.4 Å². The van der Waals surface area contributed by atoms with Crippen LogP contribution in [0.2, 0.25) is 0 Å². The quantitative estimate of drug-likeness (QED) is 0.824. The van der Waals surface area contributed by atoms with Gasteiger partial charge in [0.1, 0.15) is 0 Å². The van der Waals surface area contributed by atoms with Crippen LogP contribution < -0.4 is 5.32 Å². The molecule has 0 atom stereocenters. The molecule has 0 aromatic heterocycles. The molecule has 0 unspecified atom stereocenters. The van der Waals surface area contributed by atoms with Gasteiger partial charge in [-0.25, -0.2) is 0 Å². The molecule has 1 aromatic carbocycles. The summed E-state index contributed by atoms with van der Waals surface area (Å²) in [5.41, 5.74) is 1.78. The lowest BCUT2D eigenvalue weighted by Gasteiger charge is -2.08. The second-order valence-electron chi connectivity index (χ2n) is 4.06. The SMILES string of the molecule is CC/C=C\c1cccc(C(=O)NC(C)C)c1. The normalized spacial score (nSPS) is 11.0. The van der Waals surface area contributed by atoms with Crippen LogP contribution >= 0.6 is 0 Å². The van der Waals surface area contributed by atoms with Crippen molar-refractivity contribution in [2.24, 2.45) is 0 Å². The number of hydrogen-bond donors (Lipinski definition) is 1. The second-order valence-corrected chi connectivity index (χ2v) is 4.06. The molecule has 0 saturated carbocycles. The van der Waals surface area contributed by atoms with Crippen LogP contribution in [0.25, 0.3) is 6.08 Å². The standard InChI is InChI=1S/C14H19NO/c1-4-5-7-12-8-6-9-13(10-12)14(16)15-11(2)3/h5-11H,4H2,1-3H3,(H,15,16)/b7-5-. The van der Waals surface area contributed by atoms with Gasteiger partial charge in [-0.3, -0.25) is 4.79 Å². The minimum Gasteiger partial charge on any atom is -0.350 e. The summed E-state index contributed by atoms with van der Waals surface area (Å²) >= 11 is 0. The maximum Gasteiger partial charge on any atom is 0.251 e. The third-order valence-electron chi connectivity index (χ3n) is 2.11. The first kappa shape index (κ1) is 12.5. The summed E-state index contributed by atoms with van der Waals surface area (Å²) in [4.78, 5) is 11.7. The number of benzene rings is 1. The van der Waals surface area contributed by atoms with Crippen molar-refractivity contribution in [1.82, 2.24) is 5.32 Å². The maximum absolute atomic E-state index is 11.7. The summed E-state index contributed by atoms with van der Waals surface area (Å²) in [6, 6.07) is 7.82. The monoisotopic (exact) mass is 217 g/mol. The molecule has 0 spiro atoms. The molecule has 0 aliphatic carbocycles. The van der Waals surface area contributed by atoms with Gasteiger partial charge in [0.15, 0.2) is 0 Å². The molecule has 0 aliphatic rings. The first-order chi connectivity index (χ1) is 7.63. The van der Waals surface area contributed by atoms with Crippen molar-refractivity contribution in [2.75, 3.05) is 0 Å². The zero-order valence-electron chi connectivity index (χ0n) is 10.2. The summed E-state index contributed by atoms with van der Waals surface area (Å²) in [6.07, 6.45) is 5.12. The highest BCUT2D eigenvalue weighted by atomic mass is 16.1. The van der Waals surface area contributed by atoms with Crippen molar-refractivity contribution in [3.05, 3.63) is 41.5 Å². The number of hydrogen-bond acceptors (Lipinski definition) is 1. The van der Waals surface area contributed by atoms with Crippen LogP contribution in [-0.4, -0.2) is 11.9 Å². The van der Waals surface area contributed by atoms with Gasteiger partial charge in [0.05, 0.1) is 0 Å². The van der Waals surface area contributed by atoms with E-state index in [1.165, 1.54) is 0 Å². The van der Waals surface area contributed by atoms with Crippen molar-refractivity contribution >= 4 is 12.0 Å². The second kappa shape index (κ2) is 6.11. The van der Waals surface area contributed by atoms with Crippen LogP contribution in [0.1, 0.15) is 43.1 Å². The van der Waals surface area contributed by atoms with E-state index in [4.69, 9.17) is 0 Å². The molecule has 1 rings (SSSR count). The topological polar surface area (TPSA) is 29.1 Å². The average molecular weight is 217 g/mol. The minimum absolute atomic E-state index is 0.0123. The number of carbonyl (C=O) groups is 1. The van der Waals surface area contributed by atoms with Gasteiger partial charge < -0.3 is 5.32 Å². The van der Waals surface area contributed by atoms with E-state index in [-0.39, 0.29) is 11.9 Å². The van der Waals surface area contributed by atoms with Crippen molar-refractivity contribution in [3.8, 4) is 0 Å². The summed E-state index contributed by atoms with van der Waals surface area (Å²) < 4.78 is 0. The van der Waals surface area contributed by atoms with Crippen molar-refractivity contribution < 1.29 is 4.79 Å². The first-order valence-corrected chi connectivity index (χ1v) is 5.71. The Hall–Kier alpha value is -1.57. The molecule has 0 bridgehead atoms. The lowest BCUT2D eigenvalue weighted by molar-refractivity contribution is 0.0943. The number of amides is 1. The summed E-state index contributed by atoms with van der Waals surface area (Å²) in [6.45, 7) is 6.00. The summed E-state index contributed by atoms with van der Waals surface area (Å²) in [7, 11) is 0. The van der Waals surface area contributed by atoms with Crippen LogP contribution in [0.15, 0.2) is 30.3 Å². The molecule has 0 heterocycles. The van der Waals surface area contributed by atoms with E-state index < -0.39 is 0 Å². The Kier molecular flexibility index (Phi) is 4.77. The van der Waals surface area contributed by atoms with Crippen LogP contribution in [0.4, 0.5) is 0 Å². The molecule has 0 aliphatic heterocycles. The lowest BCUT2D eigenvalue weighted by atomic mass is 10.1. The first-order valence-electron chi connectivity index (χ1n) is 5.71. The molecule has 0 saturated heterocycles. The van der Waals surface area contributed by atoms with Gasteiger partial charge in [0, 0.05) is 11.6 Å². The number of carbonyl (C=O) groups excluding carboxylic acids is 1. The molecule has 0 radical (unpaired) electrons. The molecule has 1 amide bonds. The highest BCUT2D eigenvalue weighted by Gasteiger charge is 2.06. The van der Waals surface area contributed by atoms with Gasteiger partial charge >= 0.3 is 0 Å². The highest BCUT2D eigenvalue weighted by Crippen LogP contribution is 2.07. The molecule has 86 valence electrons. The molecule has 1 N–H and O–H groups in total. The number of allylic oxidation sites excluding steroid dienone is 1. The Morgan fingerprint density at radius 2 is 2.19 bits per heavy atom. The predicted octanol–water partition coefficient (Wildman–Crippen LogP) is 3.25. The van der Waals surface area contributed by atoms with E-state index in [1.54, 1.807) is 0 Å². The molecular formula is C14H19NO. The molecular weight excluding hydrogens is 198 g/mol. The maximum atomic E-state index is 11.7. The van der Waals surface area contributed by atoms with E-state index in [2.05, 4.69) is 18.3 Å². The minimum atomic E-state index is -0.0123. The van der Waals surface area contributed by atoms with E-state index in [0.29, 0.717) is 5.56 Å². The van der Waals surface area contributed by atoms with Gasteiger partial charge in [0.2, 0.25) is 0 Å². The molecule has 2 nitrogen and oxygen atoms in total. The fourth-order valence-electron chi connectivity index (χ4n) is 1.38. The Morgan fingerprint density at radius 1 is 1.44 bits per heavy atom. The van der Waals surface area contributed by atoms with E-state index in [0.717, 1.165) is 12.0 Å². The molecule has 0 fully saturated rings. The van der Waals surface area contributed by atoms with E-state index in [9.17, 15) is 4.79 Å². The van der Waals surface area contributed by atoms with Gasteiger partial charge in [-0.2, -0.15) is 0 Å². The molecule has 1 aromatic rings. The number of nitrogens with one attached hydrogen (secondary N) is 1. The predicted molar refractivity (Wildman–Crippen MR) is 68.4 cm³/mol. The van der Waals surface area contributed by atoms with Crippen LogP contribution in [0.5, 0.6) is 0 Å². The van der Waals surface area contributed by atoms with Crippen molar-refractivity contribution in [2.45, 2.75) is 33.2 Å². The third-order valence-corrected chi connectivity index (χ3v) is 2.11. The zero-order valence-corrected chi connectivity index (χ0v) is 10.2. The van der Waals surface area contributed by atoms with Gasteiger partial charge in [-0.05, 0) is 38.0 Å². The summed E-state index contributed by atoms with van der Waals surface area (Å²) in [5.74, 6) is -0.0123. The van der Waals surface area contributed by atoms with Crippen LogP contribution in [0.3, 0.4) is 0 Å². The van der Waals surface area contributed by atoms with E-state index >= 15 is 0 Å². The zero-order chi connectivity index (χ0) is 12.0. The fraction of sp³-hybridized carbons (Fsp3) is 0.357. The molecule has 2 heteroatoms. The Morgan fingerprint density at radius 3 is 2.81 bits per heavy atom. The lowest BCUT2D eigenvalue weighted by Crippen LogP contribution is -2.30. The van der Waals surface area contributed by atoms with Gasteiger partial charge in [-0.1, -0.05) is 31.2 Å². The van der Waals surface area contributed by atoms with Gasteiger partial charge in [0.25, 0.3) is 5.91 Å². The Bertz CT molecular complexity index is 380. The highest BCUT2D eigenvalue weighted by molar-refractivity contribution is 5.94. The van der Waals surface area contributed by atoms with Crippen LogP contribution in [-0.2, 0) is 0 Å². The van der Waals surface area contributed by atoms with Crippen LogP contribution in [0, 0.1) is 0 Å². The van der Waals surface area contributed by atoms with Crippen molar-refractivity contribution in [1.29, 1.82) is 0 Å². The molecule has 16 heavy (non-hydrogen) atoms. The summed E-state index contributed by atoms with van der Waals surface area (Å²) in [5, 5.41) is 2.88. The third kappa shape index (κ3) is 3.89. The van der Waals surface area contributed by atoms with Gasteiger partial charge in [-0.15, -0.1) is 0 Å². The average Bonchev–Trinajstić information content (AvgIpc) is 2.26. The largest absolute Gasteiger partial charge is 0.350 e. The van der Waals surface area contributed by atoms with Crippen molar-refractivity contribution in [3.63, 3.8) is 0 Å². The number of rotatable bonds is 4. The fourth-order valence-corrected chi connectivity index (χ4v) is 1.38. The smallest absolute Gasteiger partial charge is 0.251 e. The Balaban J connectivity index is 2.81.